The van der Waals surface area contributed by atoms with E-state index in [0.29, 0.717) is 10.5 Å². The third-order valence-electron chi connectivity index (χ3n) is 2.17. The summed E-state index contributed by atoms with van der Waals surface area (Å²) in [4.78, 5) is 0. The fourth-order valence-electron chi connectivity index (χ4n) is 1.46. The van der Waals surface area contributed by atoms with Gasteiger partial charge in [0.2, 0.25) is 0 Å². The predicted molar refractivity (Wildman–Crippen MR) is 64.2 cm³/mol. The lowest BCUT2D eigenvalue weighted by atomic mass is 10.1. The van der Waals surface area contributed by atoms with Gasteiger partial charge in [-0.2, -0.15) is 23.5 Å². The average molecular weight is 215 g/mol. The molecular formula is C10H17NS2. The first-order valence-corrected chi connectivity index (χ1v) is 6.74. The summed E-state index contributed by atoms with van der Waals surface area (Å²) < 4.78 is 0. The van der Waals surface area contributed by atoms with Crippen molar-refractivity contribution in [1.29, 1.82) is 0 Å². The molecule has 0 spiro atoms. The number of hydrogen-bond donors (Lipinski definition) is 1. The van der Waals surface area contributed by atoms with E-state index >= 15 is 0 Å². The molecule has 3 heteroatoms. The Kier molecular flexibility index (Phi) is 5.08. The van der Waals surface area contributed by atoms with E-state index in [1.807, 2.05) is 30.4 Å². The Morgan fingerprint density at radius 1 is 1.46 bits per heavy atom. The molecule has 1 heterocycles. The van der Waals surface area contributed by atoms with Gasteiger partial charge in [0.15, 0.2) is 0 Å². The van der Waals surface area contributed by atoms with Gasteiger partial charge in [-0.15, -0.1) is 11.8 Å². The van der Waals surface area contributed by atoms with Crippen LogP contribution in [0.4, 0.5) is 0 Å². The number of rotatable bonds is 2. The summed E-state index contributed by atoms with van der Waals surface area (Å²) in [5.41, 5.74) is 6.09. The fourth-order valence-corrected chi connectivity index (χ4v) is 4.35. The smallest absolute Gasteiger partial charge is 0.0324 e. The Morgan fingerprint density at radius 3 is 2.77 bits per heavy atom. The van der Waals surface area contributed by atoms with Crippen LogP contribution in [0.15, 0.2) is 0 Å². The van der Waals surface area contributed by atoms with Crippen molar-refractivity contribution in [2.75, 3.05) is 11.5 Å². The molecule has 1 nitrogen and oxygen atoms in total. The molecule has 0 bridgehead atoms. The molecule has 2 N–H and O–H groups in total. The molecule has 1 fully saturated rings. The molecule has 3 unspecified atom stereocenters. The van der Waals surface area contributed by atoms with Crippen LogP contribution in [-0.4, -0.2) is 28.0 Å². The van der Waals surface area contributed by atoms with Gasteiger partial charge in [0, 0.05) is 34.5 Å². The maximum Gasteiger partial charge on any atom is 0.0324 e. The Balaban J connectivity index is 2.41. The van der Waals surface area contributed by atoms with Gasteiger partial charge < -0.3 is 5.73 Å². The Labute approximate surface area is 89.6 Å². The van der Waals surface area contributed by atoms with Gasteiger partial charge in [0.1, 0.15) is 0 Å². The van der Waals surface area contributed by atoms with Crippen molar-refractivity contribution in [2.45, 2.75) is 36.8 Å². The zero-order valence-electron chi connectivity index (χ0n) is 8.25. The van der Waals surface area contributed by atoms with E-state index < -0.39 is 0 Å². The van der Waals surface area contributed by atoms with Crippen LogP contribution in [0.1, 0.15) is 20.3 Å². The highest BCUT2D eigenvalue weighted by atomic mass is 32.2. The third kappa shape index (κ3) is 3.46. The Morgan fingerprint density at radius 2 is 2.15 bits per heavy atom. The van der Waals surface area contributed by atoms with Crippen molar-refractivity contribution in [1.82, 2.24) is 0 Å². The maximum absolute atomic E-state index is 6.09. The van der Waals surface area contributed by atoms with Gasteiger partial charge in [-0.3, -0.25) is 0 Å². The van der Waals surface area contributed by atoms with Crippen molar-refractivity contribution < 1.29 is 0 Å². The van der Waals surface area contributed by atoms with Crippen molar-refractivity contribution in [2.24, 2.45) is 5.73 Å². The number of nitrogens with two attached hydrogens (primary N) is 1. The lowest BCUT2D eigenvalue weighted by Crippen LogP contribution is -2.40. The van der Waals surface area contributed by atoms with Gasteiger partial charge >= 0.3 is 0 Å². The van der Waals surface area contributed by atoms with E-state index in [1.54, 1.807) is 0 Å². The summed E-state index contributed by atoms with van der Waals surface area (Å²) in [6, 6.07) is 0.250. The van der Waals surface area contributed by atoms with Crippen molar-refractivity contribution >= 4 is 23.5 Å². The highest BCUT2D eigenvalue weighted by Crippen LogP contribution is 2.32. The summed E-state index contributed by atoms with van der Waals surface area (Å²) in [5.74, 6) is 8.49. The molecule has 1 aliphatic rings. The molecule has 0 saturated carbocycles. The normalized spacial score (nSPS) is 30.4. The minimum Gasteiger partial charge on any atom is -0.326 e. The van der Waals surface area contributed by atoms with Crippen LogP contribution in [0.5, 0.6) is 0 Å². The van der Waals surface area contributed by atoms with Crippen LogP contribution >= 0.6 is 23.5 Å². The van der Waals surface area contributed by atoms with Crippen LogP contribution in [0.3, 0.4) is 0 Å². The maximum atomic E-state index is 6.09. The molecule has 1 saturated heterocycles. The highest BCUT2D eigenvalue weighted by molar-refractivity contribution is 8.07. The third-order valence-corrected chi connectivity index (χ3v) is 5.45. The first-order chi connectivity index (χ1) is 6.25. The van der Waals surface area contributed by atoms with E-state index in [2.05, 4.69) is 18.8 Å². The van der Waals surface area contributed by atoms with E-state index in [9.17, 15) is 0 Å². The van der Waals surface area contributed by atoms with Crippen molar-refractivity contribution in [3.05, 3.63) is 0 Å². The highest BCUT2D eigenvalue weighted by Gasteiger charge is 2.27. The summed E-state index contributed by atoms with van der Waals surface area (Å²) in [6.45, 7) is 4.15. The van der Waals surface area contributed by atoms with Crippen molar-refractivity contribution in [3.8, 4) is 11.8 Å². The first-order valence-electron chi connectivity index (χ1n) is 4.64. The second-order valence-electron chi connectivity index (χ2n) is 3.21. The van der Waals surface area contributed by atoms with E-state index in [0.717, 1.165) is 6.42 Å². The van der Waals surface area contributed by atoms with Gasteiger partial charge in [-0.1, -0.05) is 6.92 Å². The largest absolute Gasteiger partial charge is 0.326 e. The van der Waals surface area contributed by atoms with Crippen LogP contribution in [0.25, 0.3) is 0 Å². The number of hydrogen-bond acceptors (Lipinski definition) is 3. The topological polar surface area (TPSA) is 26.0 Å². The predicted octanol–water partition coefficient (Wildman–Crippen LogP) is 1.96. The lowest BCUT2D eigenvalue weighted by molar-refractivity contribution is 0.640. The van der Waals surface area contributed by atoms with Gasteiger partial charge in [0.25, 0.3) is 0 Å². The Bertz CT molecular complexity index is 207. The molecule has 0 aliphatic carbocycles. The second kappa shape index (κ2) is 5.85. The molecule has 1 rings (SSSR count). The van der Waals surface area contributed by atoms with Crippen LogP contribution in [0, 0.1) is 11.8 Å². The molecule has 13 heavy (non-hydrogen) atoms. The summed E-state index contributed by atoms with van der Waals surface area (Å²) in [5, 5.41) is 1.28. The number of thioether (sulfide) groups is 2. The van der Waals surface area contributed by atoms with E-state index in [-0.39, 0.29) is 6.04 Å². The molecule has 3 atom stereocenters. The molecule has 0 radical (unpaired) electrons. The monoisotopic (exact) mass is 215 g/mol. The van der Waals surface area contributed by atoms with Crippen LogP contribution in [-0.2, 0) is 0 Å². The molecule has 1 aliphatic heterocycles. The minimum absolute atomic E-state index is 0.250. The average Bonchev–Trinajstić information content (AvgIpc) is 2.15. The molecule has 0 amide bonds. The second-order valence-corrected chi connectivity index (χ2v) is 5.98. The standard InChI is InChI=1S/C10H17NS2/c1-3-4-5-9(11)10-8(2)12-6-7-13-10/h8-10H,5-7,11H2,1-2H3. The summed E-state index contributed by atoms with van der Waals surface area (Å²) in [7, 11) is 0. The summed E-state index contributed by atoms with van der Waals surface area (Å²) in [6.07, 6.45) is 0.846. The van der Waals surface area contributed by atoms with E-state index in [4.69, 9.17) is 5.73 Å². The fraction of sp³-hybridized carbons (Fsp3) is 0.800. The van der Waals surface area contributed by atoms with Crippen LogP contribution in [0.2, 0.25) is 0 Å². The molecule has 74 valence electrons. The quantitative estimate of drug-likeness (QED) is 0.713. The van der Waals surface area contributed by atoms with Crippen LogP contribution < -0.4 is 5.73 Å². The first kappa shape index (κ1) is 11.3. The van der Waals surface area contributed by atoms with Crippen molar-refractivity contribution in [3.63, 3.8) is 0 Å². The molecular weight excluding hydrogens is 198 g/mol. The lowest BCUT2D eigenvalue weighted by Gasteiger charge is -2.31. The molecule has 0 aromatic carbocycles. The summed E-state index contributed by atoms with van der Waals surface area (Å²) >= 11 is 4.06. The van der Waals surface area contributed by atoms with Gasteiger partial charge in [-0.25, -0.2) is 0 Å². The SMILES string of the molecule is CC#CCC(N)C1SCCSC1C. The zero-order chi connectivity index (χ0) is 9.68. The zero-order valence-corrected chi connectivity index (χ0v) is 9.88. The van der Waals surface area contributed by atoms with E-state index in [1.165, 1.54) is 11.5 Å². The molecule has 0 aromatic heterocycles. The Hall–Kier alpha value is 0.220. The van der Waals surface area contributed by atoms with Gasteiger partial charge in [-0.05, 0) is 6.92 Å². The van der Waals surface area contributed by atoms with Gasteiger partial charge in [0.05, 0.1) is 0 Å². The molecule has 0 aromatic rings. The minimum atomic E-state index is 0.250.